The van der Waals surface area contributed by atoms with Crippen molar-refractivity contribution in [2.24, 2.45) is 0 Å². The molecule has 2 rings (SSSR count). The third kappa shape index (κ3) is 2.70. The fourth-order valence-corrected chi connectivity index (χ4v) is 2.69. The summed E-state index contributed by atoms with van der Waals surface area (Å²) in [5.74, 6) is 0.0289. The van der Waals surface area contributed by atoms with Gasteiger partial charge in [-0.05, 0) is 44.2 Å². The van der Waals surface area contributed by atoms with Crippen LogP contribution in [0.5, 0.6) is 0 Å². The van der Waals surface area contributed by atoms with Crippen molar-refractivity contribution in [1.82, 2.24) is 4.90 Å². The van der Waals surface area contributed by atoms with Crippen LogP contribution in [0.4, 0.5) is 0 Å². The zero-order valence-corrected chi connectivity index (χ0v) is 11.9. The smallest absolute Gasteiger partial charge is 0.254 e. The first-order valence-electron chi connectivity index (χ1n) is 6.09. The van der Waals surface area contributed by atoms with Crippen LogP contribution in [-0.4, -0.2) is 40.9 Å². The number of β-amino-alcohol motifs (C(OH)–C–C–N with tert-alkyl or cyclic N) is 1. The summed E-state index contributed by atoms with van der Waals surface area (Å²) in [5, 5.41) is 9.93. The van der Waals surface area contributed by atoms with E-state index in [-0.39, 0.29) is 5.91 Å². The average molecular weight is 265 g/mol. The first-order chi connectivity index (χ1) is 8.43. The summed E-state index contributed by atoms with van der Waals surface area (Å²) >= 11 is 1.63. The topological polar surface area (TPSA) is 40.5 Å². The molecule has 3 nitrogen and oxygen atoms in total. The van der Waals surface area contributed by atoms with Gasteiger partial charge in [0.25, 0.3) is 5.91 Å². The minimum absolute atomic E-state index is 0.0289. The normalized spacial score (nSPS) is 23.4. The molecule has 0 aromatic heterocycles. The second-order valence-electron chi connectivity index (χ2n) is 5.15. The number of amides is 1. The van der Waals surface area contributed by atoms with E-state index in [2.05, 4.69) is 0 Å². The summed E-state index contributed by atoms with van der Waals surface area (Å²) in [5.41, 5.74) is 1.00. The van der Waals surface area contributed by atoms with Gasteiger partial charge in [0, 0.05) is 23.5 Å². The molecule has 0 radical (unpaired) electrons. The van der Waals surface area contributed by atoms with Crippen LogP contribution in [0.3, 0.4) is 0 Å². The van der Waals surface area contributed by atoms with Gasteiger partial charge in [-0.2, -0.15) is 0 Å². The summed E-state index contributed by atoms with van der Waals surface area (Å²) in [4.78, 5) is 15.3. The molecule has 1 unspecified atom stereocenters. The first-order valence-corrected chi connectivity index (χ1v) is 7.32. The van der Waals surface area contributed by atoms with E-state index in [1.54, 1.807) is 23.6 Å². The molecule has 1 heterocycles. The highest BCUT2D eigenvalue weighted by molar-refractivity contribution is 7.98. The van der Waals surface area contributed by atoms with Crippen molar-refractivity contribution in [3.05, 3.63) is 29.3 Å². The molecule has 1 aromatic carbocycles. The summed E-state index contributed by atoms with van der Waals surface area (Å²) in [6.45, 7) is 4.79. The molecule has 0 aliphatic carbocycles. The van der Waals surface area contributed by atoms with E-state index in [0.29, 0.717) is 19.5 Å². The molecular formula is C14H19NO2S. The first kappa shape index (κ1) is 13.4. The molecule has 98 valence electrons. The predicted octanol–water partition coefficient (Wildman–Crippen LogP) is 2.31. The van der Waals surface area contributed by atoms with Gasteiger partial charge in [-0.15, -0.1) is 11.8 Å². The Kier molecular flexibility index (Phi) is 3.69. The number of benzene rings is 1. The SMILES string of the molecule is CSc1ccc(C)c(C(=O)N2CCC(C)(O)C2)c1. The van der Waals surface area contributed by atoms with Gasteiger partial charge in [0.15, 0.2) is 0 Å². The number of rotatable bonds is 2. The van der Waals surface area contributed by atoms with E-state index in [4.69, 9.17) is 0 Å². The molecule has 0 bridgehead atoms. The van der Waals surface area contributed by atoms with Crippen LogP contribution in [-0.2, 0) is 0 Å². The van der Waals surface area contributed by atoms with Crippen molar-refractivity contribution < 1.29 is 9.90 Å². The fourth-order valence-electron chi connectivity index (χ4n) is 2.25. The third-order valence-corrected chi connectivity index (χ3v) is 4.14. The Hall–Kier alpha value is -1.00. The molecule has 1 aliphatic rings. The molecule has 0 spiro atoms. The Balaban J connectivity index is 2.24. The number of aliphatic hydroxyl groups is 1. The monoisotopic (exact) mass is 265 g/mol. The van der Waals surface area contributed by atoms with Crippen LogP contribution in [0, 0.1) is 6.92 Å². The number of likely N-dealkylation sites (tertiary alicyclic amines) is 1. The van der Waals surface area contributed by atoms with Crippen molar-refractivity contribution >= 4 is 17.7 Å². The number of hydrogen-bond acceptors (Lipinski definition) is 3. The summed E-state index contributed by atoms with van der Waals surface area (Å²) in [6.07, 6.45) is 2.65. The van der Waals surface area contributed by atoms with Crippen molar-refractivity contribution in [2.45, 2.75) is 30.8 Å². The molecular weight excluding hydrogens is 246 g/mol. The van der Waals surface area contributed by atoms with Crippen molar-refractivity contribution in [1.29, 1.82) is 0 Å². The van der Waals surface area contributed by atoms with E-state index in [1.165, 1.54) is 0 Å². The molecule has 1 fully saturated rings. The number of thioether (sulfide) groups is 1. The van der Waals surface area contributed by atoms with E-state index in [9.17, 15) is 9.90 Å². The van der Waals surface area contributed by atoms with Crippen LogP contribution in [0.25, 0.3) is 0 Å². The molecule has 0 saturated carbocycles. The maximum absolute atomic E-state index is 12.4. The van der Waals surface area contributed by atoms with Gasteiger partial charge < -0.3 is 10.0 Å². The zero-order chi connectivity index (χ0) is 13.3. The number of carbonyl (C=O) groups is 1. The van der Waals surface area contributed by atoms with Crippen LogP contribution in [0.15, 0.2) is 23.1 Å². The molecule has 1 saturated heterocycles. The lowest BCUT2D eigenvalue weighted by Crippen LogP contribution is -2.34. The van der Waals surface area contributed by atoms with Crippen molar-refractivity contribution in [3.63, 3.8) is 0 Å². The molecule has 1 aromatic rings. The second kappa shape index (κ2) is 4.94. The maximum Gasteiger partial charge on any atom is 0.254 e. The standard InChI is InChI=1S/C14H19NO2S/c1-10-4-5-11(18-3)8-12(10)13(16)15-7-6-14(2,17)9-15/h4-5,8,17H,6-7,9H2,1-3H3. The van der Waals surface area contributed by atoms with Gasteiger partial charge in [-0.25, -0.2) is 0 Å². The van der Waals surface area contributed by atoms with E-state index < -0.39 is 5.60 Å². The Morgan fingerprint density at radius 3 is 2.78 bits per heavy atom. The van der Waals surface area contributed by atoms with Crippen molar-refractivity contribution in [3.8, 4) is 0 Å². The van der Waals surface area contributed by atoms with Crippen LogP contribution in [0.2, 0.25) is 0 Å². The minimum Gasteiger partial charge on any atom is -0.388 e. The third-order valence-electron chi connectivity index (χ3n) is 3.41. The summed E-state index contributed by atoms with van der Waals surface area (Å²) in [7, 11) is 0. The minimum atomic E-state index is -0.735. The van der Waals surface area contributed by atoms with Crippen molar-refractivity contribution in [2.75, 3.05) is 19.3 Å². The van der Waals surface area contributed by atoms with Gasteiger partial charge in [0.1, 0.15) is 0 Å². The largest absolute Gasteiger partial charge is 0.388 e. The lowest BCUT2D eigenvalue weighted by atomic mass is 10.1. The number of hydrogen-bond donors (Lipinski definition) is 1. The molecule has 4 heteroatoms. The lowest BCUT2D eigenvalue weighted by Gasteiger charge is -2.20. The molecule has 1 atom stereocenters. The highest BCUT2D eigenvalue weighted by Crippen LogP contribution is 2.25. The van der Waals surface area contributed by atoms with Gasteiger partial charge in [-0.1, -0.05) is 6.07 Å². The quantitative estimate of drug-likeness (QED) is 0.834. The highest BCUT2D eigenvalue weighted by atomic mass is 32.2. The highest BCUT2D eigenvalue weighted by Gasteiger charge is 2.34. The van der Waals surface area contributed by atoms with Gasteiger partial charge >= 0.3 is 0 Å². The number of aryl methyl sites for hydroxylation is 1. The van der Waals surface area contributed by atoms with E-state index >= 15 is 0 Å². The molecule has 1 aliphatic heterocycles. The van der Waals surface area contributed by atoms with Crippen LogP contribution >= 0.6 is 11.8 Å². The average Bonchev–Trinajstić information content (AvgIpc) is 2.69. The van der Waals surface area contributed by atoms with Crippen LogP contribution < -0.4 is 0 Å². The molecule has 1 N–H and O–H groups in total. The lowest BCUT2D eigenvalue weighted by molar-refractivity contribution is 0.0571. The fraction of sp³-hybridized carbons (Fsp3) is 0.500. The maximum atomic E-state index is 12.4. The van der Waals surface area contributed by atoms with E-state index in [0.717, 1.165) is 16.0 Å². The Bertz CT molecular complexity index is 471. The van der Waals surface area contributed by atoms with Gasteiger partial charge in [0.2, 0.25) is 0 Å². The van der Waals surface area contributed by atoms with Crippen LogP contribution in [0.1, 0.15) is 29.3 Å². The molecule has 1 amide bonds. The van der Waals surface area contributed by atoms with Gasteiger partial charge in [-0.3, -0.25) is 4.79 Å². The summed E-state index contributed by atoms with van der Waals surface area (Å²) in [6, 6.07) is 5.94. The summed E-state index contributed by atoms with van der Waals surface area (Å²) < 4.78 is 0. The number of carbonyl (C=O) groups excluding carboxylic acids is 1. The molecule has 18 heavy (non-hydrogen) atoms. The predicted molar refractivity (Wildman–Crippen MR) is 74.1 cm³/mol. The number of nitrogens with zero attached hydrogens (tertiary/aromatic N) is 1. The Labute approximate surface area is 112 Å². The van der Waals surface area contributed by atoms with E-state index in [1.807, 2.05) is 31.4 Å². The van der Waals surface area contributed by atoms with Gasteiger partial charge in [0.05, 0.1) is 5.60 Å². The Morgan fingerprint density at radius 2 is 2.22 bits per heavy atom. The Morgan fingerprint density at radius 1 is 1.50 bits per heavy atom. The second-order valence-corrected chi connectivity index (χ2v) is 6.03. The zero-order valence-electron chi connectivity index (χ0n) is 11.1.